The number of thiophene rings is 1. The van der Waals surface area contributed by atoms with Crippen LogP contribution >= 0.6 is 11.3 Å². The summed E-state index contributed by atoms with van der Waals surface area (Å²) in [6, 6.07) is 8.33. The summed E-state index contributed by atoms with van der Waals surface area (Å²) in [7, 11) is 0. The van der Waals surface area contributed by atoms with Crippen molar-refractivity contribution in [2.24, 2.45) is 0 Å². The van der Waals surface area contributed by atoms with Crippen LogP contribution in [-0.4, -0.2) is 6.61 Å². The van der Waals surface area contributed by atoms with E-state index in [9.17, 15) is 4.39 Å². The van der Waals surface area contributed by atoms with E-state index in [0.29, 0.717) is 24.5 Å². The van der Waals surface area contributed by atoms with Gasteiger partial charge in [0.15, 0.2) is 0 Å². The summed E-state index contributed by atoms with van der Waals surface area (Å²) in [5, 5.41) is 13.8. The first kappa shape index (κ1) is 13.4. The lowest BCUT2D eigenvalue weighted by atomic mass is 10.2. The topological polar surface area (TPSA) is 45.0 Å². The third kappa shape index (κ3) is 3.46. The molecule has 1 N–H and O–H groups in total. The predicted molar refractivity (Wildman–Crippen MR) is 73.9 cm³/mol. The van der Waals surface area contributed by atoms with Crippen LogP contribution in [0.4, 0.5) is 10.1 Å². The molecule has 98 valence electrons. The van der Waals surface area contributed by atoms with Crippen LogP contribution in [0.25, 0.3) is 0 Å². The number of rotatable bonds is 5. The zero-order valence-corrected chi connectivity index (χ0v) is 11.3. The van der Waals surface area contributed by atoms with Crippen molar-refractivity contribution in [3.63, 3.8) is 0 Å². The molecule has 0 bridgehead atoms. The molecule has 3 nitrogen and oxygen atoms in total. The summed E-state index contributed by atoms with van der Waals surface area (Å²) in [5.41, 5.74) is 1.40. The Morgan fingerprint density at radius 3 is 2.95 bits per heavy atom. The molecular weight excluding hydrogens is 263 g/mol. The highest BCUT2D eigenvalue weighted by Crippen LogP contribution is 2.26. The Balaban J connectivity index is 2.08. The number of benzene rings is 1. The van der Waals surface area contributed by atoms with E-state index in [4.69, 9.17) is 10.00 Å². The molecule has 0 spiro atoms. The van der Waals surface area contributed by atoms with Crippen molar-refractivity contribution < 1.29 is 9.13 Å². The molecule has 0 aliphatic heterocycles. The summed E-state index contributed by atoms with van der Waals surface area (Å²) in [6.07, 6.45) is 0. The molecule has 5 heteroatoms. The number of anilines is 1. The van der Waals surface area contributed by atoms with Gasteiger partial charge in [0.25, 0.3) is 0 Å². The number of nitriles is 1. The molecule has 0 atom stereocenters. The van der Waals surface area contributed by atoms with Gasteiger partial charge in [0.2, 0.25) is 0 Å². The zero-order chi connectivity index (χ0) is 13.7. The zero-order valence-electron chi connectivity index (χ0n) is 10.4. The van der Waals surface area contributed by atoms with Gasteiger partial charge in [-0.2, -0.15) is 5.26 Å². The Kier molecular flexibility index (Phi) is 4.37. The van der Waals surface area contributed by atoms with Crippen molar-refractivity contribution in [1.82, 2.24) is 0 Å². The average Bonchev–Trinajstić information content (AvgIpc) is 2.86. The average molecular weight is 276 g/mol. The second-order valence-corrected chi connectivity index (χ2v) is 4.84. The van der Waals surface area contributed by atoms with Crippen molar-refractivity contribution in [2.45, 2.75) is 13.5 Å². The fourth-order valence-corrected chi connectivity index (χ4v) is 2.38. The Morgan fingerprint density at radius 1 is 1.42 bits per heavy atom. The number of nitrogens with one attached hydrogen (secondary N) is 1. The molecule has 19 heavy (non-hydrogen) atoms. The molecule has 1 aromatic carbocycles. The molecule has 0 radical (unpaired) electrons. The van der Waals surface area contributed by atoms with Gasteiger partial charge in [-0.3, -0.25) is 0 Å². The number of nitrogens with zero attached hydrogens (tertiary/aromatic N) is 1. The molecule has 0 aliphatic rings. The van der Waals surface area contributed by atoms with E-state index < -0.39 is 0 Å². The third-order valence-electron chi connectivity index (χ3n) is 2.48. The van der Waals surface area contributed by atoms with Crippen LogP contribution in [-0.2, 0) is 6.54 Å². The highest BCUT2D eigenvalue weighted by molar-refractivity contribution is 7.10. The minimum absolute atomic E-state index is 0.322. The molecule has 0 amide bonds. The summed E-state index contributed by atoms with van der Waals surface area (Å²) < 4.78 is 18.5. The fourth-order valence-electron chi connectivity index (χ4n) is 1.63. The van der Waals surface area contributed by atoms with Crippen LogP contribution in [0.2, 0.25) is 0 Å². The van der Waals surface area contributed by atoms with Crippen LogP contribution in [0.1, 0.15) is 17.4 Å². The molecule has 0 aliphatic carbocycles. The molecule has 0 saturated carbocycles. The molecule has 1 heterocycles. The fraction of sp³-hybridized carbons (Fsp3) is 0.214. The van der Waals surface area contributed by atoms with E-state index in [2.05, 4.69) is 11.4 Å². The minimum atomic E-state index is -0.322. The van der Waals surface area contributed by atoms with Gasteiger partial charge in [0.05, 0.1) is 17.9 Å². The smallest absolute Gasteiger partial charge is 0.145 e. The summed E-state index contributed by atoms with van der Waals surface area (Å²) in [5.74, 6) is 0.177. The lowest BCUT2D eigenvalue weighted by Crippen LogP contribution is -2.02. The first-order chi connectivity index (χ1) is 9.22. The predicted octanol–water partition coefficient (Wildman–Crippen LogP) is 3.77. The second-order valence-electron chi connectivity index (χ2n) is 3.84. The van der Waals surface area contributed by atoms with Gasteiger partial charge in [-0.05, 0) is 25.1 Å². The SMILES string of the molecule is CCOc1cc(F)ccc1NCc1cc(C#N)cs1. The van der Waals surface area contributed by atoms with Crippen molar-refractivity contribution in [3.05, 3.63) is 45.9 Å². The van der Waals surface area contributed by atoms with Gasteiger partial charge < -0.3 is 10.1 Å². The summed E-state index contributed by atoms with van der Waals surface area (Å²) in [4.78, 5) is 1.04. The minimum Gasteiger partial charge on any atom is -0.492 e. The van der Waals surface area contributed by atoms with E-state index >= 15 is 0 Å². The lowest BCUT2D eigenvalue weighted by molar-refractivity contribution is 0.340. The maximum absolute atomic E-state index is 13.1. The van der Waals surface area contributed by atoms with Crippen LogP contribution < -0.4 is 10.1 Å². The third-order valence-corrected chi connectivity index (χ3v) is 3.42. The molecule has 2 aromatic rings. The maximum atomic E-state index is 13.1. The van der Waals surface area contributed by atoms with E-state index in [1.807, 2.05) is 18.4 Å². The lowest BCUT2D eigenvalue weighted by Gasteiger charge is -2.11. The van der Waals surface area contributed by atoms with Gasteiger partial charge in [-0.15, -0.1) is 11.3 Å². The Morgan fingerprint density at radius 2 is 2.26 bits per heavy atom. The van der Waals surface area contributed by atoms with Crippen molar-refractivity contribution in [2.75, 3.05) is 11.9 Å². The number of ether oxygens (including phenoxy) is 1. The van der Waals surface area contributed by atoms with Crippen LogP contribution in [0.5, 0.6) is 5.75 Å². The van der Waals surface area contributed by atoms with Crippen molar-refractivity contribution >= 4 is 17.0 Å². The first-order valence-electron chi connectivity index (χ1n) is 5.86. The van der Waals surface area contributed by atoms with Crippen molar-refractivity contribution in [3.8, 4) is 11.8 Å². The monoisotopic (exact) mass is 276 g/mol. The van der Waals surface area contributed by atoms with Gasteiger partial charge >= 0.3 is 0 Å². The number of hydrogen-bond donors (Lipinski definition) is 1. The molecule has 0 fully saturated rings. The Labute approximate surface area is 115 Å². The molecule has 2 rings (SSSR count). The Bertz CT molecular complexity index is 604. The van der Waals surface area contributed by atoms with Crippen LogP contribution in [0, 0.1) is 17.1 Å². The maximum Gasteiger partial charge on any atom is 0.145 e. The number of hydrogen-bond acceptors (Lipinski definition) is 4. The highest BCUT2D eigenvalue weighted by atomic mass is 32.1. The molecular formula is C14H13FN2OS. The molecule has 1 aromatic heterocycles. The van der Waals surface area contributed by atoms with E-state index in [0.717, 1.165) is 10.6 Å². The van der Waals surface area contributed by atoms with Crippen LogP contribution in [0.15, 0.2) is 29.6 Å². The van der Waals surface area contributed by atoms with Gasteiger partial charge in [0, 0.05) is 22.9 Å². The quantitative estimate of drug-likeness (QED) is 0.904. The van der Waals surface area contributed by atoms with Crippen LogP contribution in [0.3, 0.4) is 0 Å². The normalized spacial score (nSPS) is 9.95. The molecule has 0 saturated heterocycles. The Hall–Kier alpha value is -2.06. The summed E-state index contributed by atoms with van der Waals surface area (Å²) >= 11 is 1.52. The first-order valence-corrected chi connectivity index (χ1v) is 6.74. The van der Waals surface area contributed by atoms with E-state index in [1.54, 1.807) is 6.07 Å². The largest absolute Gasteiger partial charge is 0.492 e. The second kappa shape index (κ2) is 6.21. The van der Waals surface area contributed by atoms with E-state index in [-0.39, 0.29) is 5.82 Å². The van der Waals surface area contributed by atoms with Gasteiger partial charge in [-0.25, -0.2) is 4.39 Å². The van der Waals surface area contributed by atoms with E-state index in [1.165, 1.54) is 23.5 Å². The van der Waals surface area contributed by atoms with Crippen molar-refractivity contribution in [1.29, 1.82) is 5.26 Å². The molecule has 0 unspecified atom stereocenters. The highest BCUT2D eigenvalue weighted by Gasteiger charge is 2.06. The van der Waals surface area contributed by atoms with Gasteiger partial charge in [-0.1, -0.05) is 0 Å². The summed E-state index contributed by atoms with van der Waals surface area (Å²) in [6.45, 7) is 2.92. The van der Waals surface area contributed by atoms with Gasteiger partial charge in [0.1, 0.15) is 17.6 Å². The standard InChI is InChI=1S/C14H13FN2OS/c1-2-18-14-6-11(15)3-4-13(14)17-8-12-5-10(7-16)9-19-12/h3-6,9,17H,2,8H2,1H3. The number of halogens is 1.